The maximum Gasteiger partial charge on any atom is 0.165 e. The molecule has 6 aromatic carbocycles. The molecule has 10 aromatic rings. The first kappa shape index (κ1) is 25.8. The van der Waals surface area contributed by atoms with Gasteiger partial charge in [-0.25, -0.2) is 9.97 Å². The lowest BCUT2D eigenvalue weighted by Crippen LogP contribution is -2.01. The van der Waals surface area contributed by atoms with Crippen molar-refractivity contribution in [2.24, 2.45) is 0 Å². The maximum atomic E-state index is 5.48. The van der Waals surface area contributed by atoms with Gasteiger partial charge in [0.2, 0.25) is 0 Å². The van der Waals surface area contributed by atoms with Crippen LogP contribution in [0, 0.1) is 0 Å². The Bertz CT molecular complexity index is 2770. The Hall–Kier alpha value is -6.46. The molecule has 0 aliphatic carbocycles. The number of aromatic nitrogens is 5. The van der Waals surface area contributed by atoms with Gasteiger partial charge < -0.3 is 0 Å². The quantitative estimate of drug-likeness (QED) is 0.201. The van der Waals surface area contributed by atoms with Gasteiger partial charge >= 0.3 is 0 Å². The molecule has 4 heterocycles. The minimum absolute atomic E-state index is 0.886. The van der Waals surface area contributed by atoms with Crippen molar-refractivity contribution in [1.82, 2.24) is 23.7 Å². The largest absolute Gasteiger partial charge is 0.292 e. The molecule has 0 aliphatic rings. The van der Waals surface area contributed by atoms with Gasteiger partial charge in [0.1, 0.15) is 17.2 Å². The summed E-state index contributed by atoms with van der Waals surface area (Å²) in [6.45, 7) is 0. The average Bonchev–Trinajstić information content (AvgIpc) is 3.80. The highest BCUT2D eigenvalue weighted by Crippen LogP contribution is 2.43. The molecule has 4 aromatic heterocycles. The van der Waals surface area contributed by atoms with E-state index in [2.05, 4.69) is 177 Å². The second-order valence-corrected chi connectivity index (χ2v) is 11.9. The first-order chi connectivity index (χ1) is 23.3. The molecule has 0 aliphatic heterocycles. The molecule has 0 spiro atoms. The van der Waals surface area contributed by atoms with Crippen LogP contribution in [0.5, 0.6) is 0 Å². The molecule has 0 amide bonds. The number of nitrogens with zero attached hydrogens (tertiary/aromatic N) is 5. The highest BCUT2D eigenvalue weighted by molar-refractivity contribution is 6.23. The first-order valence-electron chi connectivity index (χ1n) is 15.9. The van der Waals surface area contributed by atoms with Gasteiger partial charge in [0.15, 0.2) is 5.65 Å². The molecule has 0 saturated heterocycles. The highest BCUT2D eigenvalue weighted by Gasteiger charge is 2.26. The predicted molar refractivity (Wildman–Crippen MR) is 193 cm³/mol. The van der Waals surface area contributed by atoms with Crippen LogP contribution in [0.1, 0.15) is 0 Å². The molecule has 0 saturated carbocycles. The number of pyridine rings is 1. The second kappa shape index (κ2) is 10.0. The summed E-state index contributed by atoms with van der Waals surface area (Å²) in [4.78, 5) is 10.7. The van der Waals surface area contributed by atoms with E-state index in [1.54, 1.807) is 0 Å². The van der Waals surface area contributed by atoms with Crippen molar-refractivity contribution >= 4 is 54.8 Å². The lowest BCUT2D eigenvalue weighted by atomic mass is 10.1. The third kappa shape index (κ3) is 3.77. The van der Waals surface area contributed by atoms with E-state index in [4.69, 9.17) is 9.97 Å². The van der Waals surface area contributed by atoms with Crippen molar-refractivity contribution in [2.75, 3.05) is 0 Å². The van der Waals surface area contributed by atoms with Crippen LogP contribution < -0.4 is 0 Å². The molecule has 10 rings (SSSR count). The fourth-order valence-electron chi connectivity index (χ4n) is 7.23. The Kier molecular flexibility index (Phi) is 5.51. The van der Waals surface area contributed by atoms with Crippen LogP contribution in [-0.4, -0.2) is 23.7 Å². The van der Waals surface area contributed by atoms with E-state index in [9.17, 15) is 0 Å². The van der Waals surface area contributed by atoms with Gasteiger partial charge in [-0.05, 0) is 54.6 Å². The fourth-order valence-corrected chi connectivity index (χ4v) is 7.23. The van der Waals surface area contributed by atoms with Crippen LogP contribution in [-0.2, 0) is 0 Å². The fraction of sp³-hybridized carbons (Fsp3) is 0. The molecule has 0 fully saturated rings. The molecule has 0 unspecified atom stereocenters. The molecular weight excluding hydrogens is 574 g/mol. The van der Waals surface area contributed by atoms with E-state index < -0.39 is 0 Å². The van der Waals surface area contributed by atoms with Crippen LogP contribution in [0.4, 0.5) is 0 Å². The van der Waals surface area contributed by atoms with E-state index in [1.165, 1.54) is 10.8 Å². The molecular formula is C42H27N5. The molecule has 5 nitrogen and oxygen atoms in total. The van der Waals surface area contributed by atoms with Crippen LogP contribution in [0.15, 0.2) is 164 Å². The lowest BCUT2D eigenvalue weighted by Gasteiger charge is -2.13. The summed E-state index contributed by atoms with van der Waals surface area (Å²) in [6, 6.07) is 57.4. The Morgan fingerprint density at radius 2 is 1.00 bits per heavy atom. The summed E-state index contributed by atoms with van der Waals surface area (Å²) in [6.07, 6.45) is 0. The minimum Gasteiger partial charge on any atom is -0.292 e. The normalized spacial score (nSPS) is 11.8. The van der Waals surface area contributed by atoms with E-state index >= 15 is 0 Å². The maximum absolute atomic E-state index is 5.48. The minimum atomic E-state index is 0.886. The first-order valence-corrected chi connectivity index (χ1v) is 15.9. The van der Waals surface area contributed by atoms with Crippen molar-refractivity contribution in [3.05, 3.63) is 164 Å². The smallest absolute Gasteiger partial charge is 0.165 e. The standard InChI is InChI=1S/C42H27N5/c1-4-15-29(16-5-1)41-44-42-40(46(41)31-19-8-3-9-20-31)34-26-25-33-32-21-11-13-23-36(32)47(37-27-24-28-14-10-12-22-35(28)43-37)38(33)39(34)45(42)30-17-6-2-7-18-30/h1-27H. The van der Waals surface area contributed by atoms with E-state index in [1.807, 2.05) is 0 Å². The van der Waals surface area contributed by atoms with E-state index in [-0.39, 0.29) is 0 Å². The van der Waals surface area contributed by atoms with Crippen molar-refractivity contribution in [2.45, 2.75) is 0 Å². The second-order valence-electron chi connectivity index (χ2n) is 11.9. The van der Waals surface area contributed by atoms with E-state index in [0.29, 0.717) is 0 Å². The molecule has 0 bridgehead atoms. The monoisotopic (exact) mass is 601 g/mol. The highest BCUT2D eigenvalue weighted by atomic mass is 15.2. The number of para-hydroxylation sites is 4. The predicted octanol–water partition coefficient (Wildman–Crippen LogP) is 10.3. The Morgan fingerprint density at radius 3 is 1.79 bits per heavy atom. The number of hydrogen-bond donors (Lipinski definition) is 0. The molecule has 220 valence electrons. The Morgan fingerprint density at radius 1 is 0.383 bits per heavy atom. The van der Waals surface area contributed by atoms with Crippen molar-refractivity contribution < 1.29 is 0 Å². The summed E-state index contributed by atoms with van der Waals surface area (Å²) >= 11 is 0. The zero-order valence-corrected chi connectivity index (χ0v) is 25.3. The van der Waals surface area contributed by atoms with Crippen molar-refractivity contribution in [3.8, 4) is 28.6 Å². The Labute approximate surface area is 270 Å². The number of rotatable bonds is 4. The van der Waals surface area contributed by atoms with E-state index in [0.717, 1.165) is 72.6 Å². The van der Waals surface area contributed by atoms with Gasteiger partial charge in [-0.3, -0.25) is 13.7 Å². The van der Waals surface area contributed by atoms with Crippen molar-refractivity contribution in [3.63, 3.8) is 0 Å². The van der Waals surface area contributed by atoms with Crippen LogP contribution in [0.25, 0.3) is 83.4 Å². The summed E-state index contributed by atoms with van der Waals surface area (Å²) < 4.78 is 7.00. The summed E-state index contributed by atoms with van der Waals surface area (Å²) in [5.74, 6) is 1.79. The molecule has 0 N–H and O–H groups in total. The van der Waals surface area contributed by atoms with Gasteiger partial charge in [-0.15, -0.1) is 0 Å². The van der Waals surface area contributed by atoms with Gasteiger partial charge in [0, 0.05) is 38.5 Å². The number of benzene rings is 6. The molecule has 47 heavy (non-hydrogen) atoms. The molecule has 0 atom stereocenters. The summed E-state index contributed by atoms with van der Waals surface area (Å²) in [7, 11) is 0. The van der Waals surface area contributed by atoms with Gasteiger partial charge in [-0.2, -0.15) is 0 Å². The number of fused-ring (bicyclic) bond motifs is 8. The van der Waals surface area contributed by atoms with Gasteiger partial charge in [0.05, 0.1) is 22.1 Å². The third-order valence-electron chi connectivity index (χ3n) is 9.23. The van der Waals surface area contributed by atoms with Crippen LogP contribution >= 0.6 is 0 Å². The van der Waals surface area contributed by atoms with Gasteiger partial charge in [0.25, 0.3) is 0 Å². The topological polar surface area (TPSA) is 40.6 Å². The average molecular weight is 602 g/mol. The summed E-state index contributed by atoms with van der Waals surface area (Å²) in [5.41, 5.74) is 9.46. The molecule has 5 heteroatoms. The Balaban J connectivity index is 1.44. The third-order valence-corrected chi connectivity index (χ3v) is 9.23. The zero-order valence-electron chi connectivity index (χ0n) is 25.3. The van der Waals surface area contributed by atoms with Crippen molar-refractivity contribution in [1.29, 1.82) is 0 Å². The SMILES string of the molecule is c1ccc(-c2nc3c(c4ccc5c6ccccc6n(-c6ccc7ccccc7n6)c5c4n3-c3ccccc3)n2-c2ccccc2)cc1. The number of imidazole rings is 1. The van der Waals surface area contributed by atoms with Crippen LogP contribution in [0.2, 0.25) is 0 Å². The summed E-state index contributed by atoms with van der Waals surface area (Å²) in [5, 5.41) is 4.61. The lowest BCUT2D eigenvalue weighted by molar-refractivity contribution is 1.08. The zero-order chi connectivity index (χ0) is 30.9. The van der Waals surface area contributed by atoms with Crippen LogP contribution in [0.3, 0.4) is 0 Å². The van der Waals surface area contributed by atoms with Gasteiger partial charge in [-0.1, -0.05) is 109 Å². The number of hydrogen-bond acceptors (Lipinski definition) is 2. The molecule has 0 radical (unpaired) electrons.